The Balaban J connectivity index is 1.66. The van der Waals surface area contributed by atoms with Crippen molar-refractivity contribution in [3.63, 3.8) is 0 Å². The van der Waals surface area contributed by atoms with E-state index in [4.69, 9.17) is 0 Å². The summed E-state index contributed by atoms with van der Waals surface area (Å²) in [7, 11) is 0. The molecule has 170 valence electrons. The van der Waals surface area contributed by atoms with Crippen molar-refractivity contribution in [3.8, 4) is 0 Å². The highest BCUT2D eigenvalue weighted by Gasteiger charge is 2.31. The molecule has 1 aromatic carbocycles. The van der Waals surface area contributed by atoms with Crippen LogP contribution in [0.2, 0.25) is 0 Å². The molecular weight excluding hydrogens is 416 g/mol. The second-order valence-electron chi connectivity index (χ2n) is 9.20. The lowest BCUT2D eigenvalue weighted by atomic mass is 9.87. The molecule has 0 spiro atoms. The fourth-order valence-electron chi connectivity index (χ4n) is 4.09. The Kier molecular flexibility index (Phi) is 5.85. The topological polar surface area (TPSA) is 82.8 Å². The zero-order valence-electron chi connectivity index (χ0n) is 18.3. The fraction of sp³-hybridized carbons (Fsp3) is 0.435. The summed E-state index contributed by atoms with van der Waals surface area (Å²) in [6.07, 6.45) is 4.61. The number of carbonyl (C=O) groups is 1. The summed E-state index contributed by atoms with van der Waals surface area (Å²) in [5, 5.41) is 16.7. The van der Waals surface area contributed by atoms with Gasteiger partial charge in [-0.1, -0.05) is 20.8 Å². The van der Waals surface area contributed by atoms with Crippen LogP contribution < -0.4 is 10.2 Å². The number of anilines is 1. The second kappa shape index (κ2) is 8.46. The zero-order valence-corrected chi connectivity index (χ0v) is 18.3. The smallest absolute Gasteiger partial charge is 0.257 e. The summed E-state index contributed by atoms with van der Waals surface area (Å²) in [5.41, 5.74) is 0.605. The molecule has 2 N–H and O–H groups in total. The summed E-state index contributed by atoms with van der Waals surface area (Å²) in [4.78, 5) is 19.5. The van der Waals surface area contributed by atoms with Gasteiger partial charge in [-0.05, 0) is 42.5 Å². The van der Waals surface area contributed by atoms with Gasteiger partial charge >= 0.3 is 0 Å². The molecule has 1 amide bonds. The molecule has 2 aromatic heterocycles. The van der Waals surface area contributed by atoms with Crippen molar-refractivity contribution < 1.29 is 18.7 Å². The number of aromatic nitrogens is 3. The van der Waals surface area contributed by atoms with E-state index in [0.717, 1.165) is 18.6 Å². The molecule has 0 bridgehead atoms. The Labute approximate surface area is 185 Å². The van der Waals surface area contributed by atoms with Crippen molar-refractivity contribution >= 4 is 17.4 Å². The number of carbonyl (C=O) groups excluding carboxylic acids is 1. The predicted octanol–water partition coefficient (Wildman–Crippen LogP) is 3.49. The highest BCUT2D eigenvalue weighted by atomic mass is 19.1. The summed E-state index contributed by atoms with van der Waals surface area (Å²) in [5.74, 6) is -0.754. The molecule has 32 heavy (non-hydrogen) atoms. The molecular formula is C23H27F2N5O2. The van der Waals surface area contributed by atoms with E-state index in [9.17, 15) is 18.7 Å². The van der Waals surface area contributed by atoms with Gasteiger partial charge in [0.05, 0.1) is 24.9 Å². The lowest BCUT2D eigenvalue weighted by Crippen LogP contribution is -2.46. The summed E-state index contributed by atoms with van der Waals surface area (Å²) < 4.78 is 29.7. The van der Waals surface area contributed by atoms with Gasteiger partial charge in [0.1, 0.15) is 23.0 Å². The minimum atomic E-state index is -0.483. The quantitative estimate of drug-likeness (QED) is 0.631. The van der Waals surface area contributed by atoms with Gasteiger partial charge in [0.25, 0.3) is 5.91 Å². The van der Waals surface area contributed by atoms with Crippen LogP contribution in [0.3, 0.4) is 0 Å². The van der Waals surface area contributed by atoms with Crippen LogP contribution in [0.5, 0.6) is 0 Å². The van der Waals surface area contributed by atoms with E-state index in [1.165, 1.54) is 16.8 Å². The van der Waals surface area contributed by atoms with Gasteiger partial charge in [0.15, 0.2) is 5.65 Å². The molecule has 1 unspecified atom stereocenters. The third kappa shape index (κ3) is 4.17. The molecule has 2 atom stereocenters. The molecule has 0 aliphatic carbocycles. The Morgan fingerprint density at radius 2 is 2.09 bits per heavy atom. The van der Waals surface area contributed by atoms with Crippen molar-refractivity contribution in [2.24, 2.45) is 5.41 Å². The number of nitrogens with zero attached hydrogens (tertiary/aromatic N) is 4. The number of aliphatic hydroxyl groups is 1. The summed E-state index contributed by atoms with van der Waals surface area (Å²) >= 11 is 0. The van der Waals surface area contributed by atoms with Crippen LogP contribution >= 0.6 is 0 Å². The first-order valence-corrected chi connectivity index (χ1v) is 10.7. The van der Waals surface area contributed by atoms with Gasteiger partial charge in [-0.2, -0.15) is 5.10 Å². The number of aliphatic hydroxyl groups excluding tert-OH is 1. The lowest BCUT2D eigenvalue weighted by molar-refractivity contribution is 0.0849. The Morgan fingerprint density at radius 1 is 1.31 bits per heavy atom. The molecule has 7 nitrogen and oxygen atoms in total. The van der Waals surface area contributed by atoms with E-state index >= 15 is 0 Å². The SMILES string of the molecule is CC(C)(C)C(CO)NC(=O)c1cnn2ccc(N3CCC[C@@H]3c3cc(F)ccc3F)nc12. The van der Waals surface area contributed by atoms with E-state index in [-0.39, 0.29) is 29.5 Å². The zero-order chi connectivity index (χ0) is 23.0. The van der Waals surface area contributed by atoms with Crippen LogP contribution in [-0.2, 0) is 0 Å². The molecule has 1 aliphatic rings. The Morgan fingerprint density at radius 3 is 2.81 bits per heavy atom. The highest BCUT2D eigenvalue weighted by molar-refractivity contribution is 6.00. The third-order valence-corrected chi connectivity index (χ3v) is 6.00. The van der Waals surface area contributed by atoms with Crippen molar-refractivity contribution in [1.29, 1.82) is 0 Å². The molecule has 1 aliphatic heterocycles. The highest BCUT2D eigenvalue weighted by Crippen LogP contribution is 2.36. The number of halogens is 2. The standard InChI is InChI=1S/C23H27F2N5O2/c1-23(2,3)19(13-31)27-22(32)16-12-26-30-10-8-20(28-21(16)30)29-9-4-5-18(29)15-11-14(24)6-7-17(15)25/h6-8,10-12,18-19,31H,4-5,9,13H2,1-3H3,(H,27,32)/t18-,19?/m1/s1. The minimum Gasteiger partial charge on any atom is -0.394 e. The van der Waals surface area contributed by atoms with Crippen LogP contribution in [0, 0.1) is 17.0 Å². The maximum Gasteiger partial charge on any atom is 0.257 e. The predicted molar refractivity (Wildman–Crippen MR) is 116 cm³/mol. The number of nitrogens with one attached hydrogen (secondary N) is 1. The molecule has 3 aromatic rings. The van der Waals surface area contributed by atoms with Crippen molar-refractivity contribution in [1.82, 2.24) is 19.9 Å². The van der Waals surface area contributed by atoms with Crippen LogP contribution in [-0.4, -0.2) is 44.8 Å². The number of hydrogen-bond donors (Lipinski definition) is 2. The molecule has 0 radical (unpaired) electrons. The summed E-state index contributed by atoms with van der Waals surface area (Å²) in [6.45, 7) is 6.23. The monoisotopic (exact) mass is 443 g/mol. The molecule has 1 fully saturated rings. The van der Waals surface area contributed by atoms with Crippen molar-refractivity contribution in [3.05, 3.63) is 59.4 Å². The van der Waals surface area contributed by atoms with Gasteiger partial charge in [-0.15, -0.1) is 0 Å². The first-order valence-electron chi connectivity index (χ1n) is 10.7. The number of rotatable bonds is 5. The number of amides is 1. The van der Waals surface area contributed by atoms with E-state index in [2.05, 4.69) is 15.4 Å². The second-order valence-corrected chi connectivity index (χ2v) is 9.20. The first-order chi connectivity index (χ1) is 15.2. The van der Waals surface area contributed by atoms with E-state index < -0.39 is 17.7 Å². The van der Waals surface area contributed by atoms with Crippen LogP contribution in [0.25, 0.3) is 5.65 Å². The molecule has 0 saturated carbocycles. The summed E-state index contributed by atoms with van der Waals surface area (Å²) in [6, 6.07) is 4.45. The minimum absolute atomic E-state index is 0.193. The van der Waals surface area contributed by atoms with Gasteiger partial charge in [-0.3, -0.25) is 4.79 Å². The van der Waals surface area contributed by atoms with Gasteiger partial charge in [-0.25, -0.2) is 18.3 Å². The Hall–Kier alpha value is -3.07. The van der Waals surface area contributed by atoms with Crippen molar-refractivity contribution in [2.45, 2.75) is 45.7 Å². The third-order valence-electron chi connectivity index (χ3n) is 6.00. The molecule has 3 heterocycles. The molecule has 9 heteroatoms. The lowest BCUT2D eigenvalue weighted by Gasteiger charge is -2.29. The molecule has 1 saturated heterocycles. The van der Waals surface area contributed by atoms with Crippen LogP contribution in [0.4, 0.5) is 14.6 Å². The Bertz CT molecular complexity index is 1140. The van der Waals surface area contributed by atoms with E-state index in [1.54, 1.807) is 12.3 Å². The largest absolute Gasteiger partial charge is 0.394 e. The van der Waals surface area contributed by atoms with Crippen LogP contribution in [0.15, 0.2) is 36.7 Å². The van der Waals surface area contributed by atoms with E-state index in [0.29, 0.717) is 30.0 Å². The van der Waals surface area contributed by atoms with Gasteiger partial charge < -0.3 is 15.3 Å². The average Bonchev–Trinajstić information content (AvgIpc) is 3.39. The van der Waals surface area contributed by atoms with Crippen molar-refractivity contribution in [2.75, 3.05) is 18.1 Å². The maximum absolute atomic E-state index is 14.4. The average molecular weight is 443 g/mol. The first kappa shape index (κ1) is 22.1. The van der Waals surface area contributed by atoms with Gasteiger partial charge in [0, 0.05) is 18.3 Å². The number of benzene rings is 1. The van der Waals surface area contributed by atoms with E-state index in [1.807, 2.05) is 25.7 Å². The maximum atomic E-state index is 14.4. The van der Waals surface area contributed by atoms with Crippen LogP contribution in [0.1, 0.15) is 55.6 Å². The van der Waals surface area contributed by atoms with Gasteiger partial charge in [0.2, 0.25) is 0 Å². The number of fused-ring (bicyclic) bond motifs is 1. The molecule has 4 rings (SSSR count). The fourth-order valence-corrected chi connectivity index (χ4v) is 4.09. The normalized spacial score (nSPS) is 17.7. The number of hydrogen-bond acceptors (Lipinski definition) is 5.